The maximum absolute atomic E-state index is 9.26. The summed E-state index contributed by atoms with van der Waals surface area (Å²) in [4.78, 5) is 2.52. The van der Waals surface area contributed by atoms with Crippen molar-refractivity contribution in [2.24, 2.45) is 17.6 Å². The van der Waals surface area contributed by atoms with E-state index in [1.54, 1.807) is 0 Å². The second-order valence-corrected chi connectivity index (χ2v) is 6.69. The second kappa shape index (κ2) is 7.61. The third-order valence-corrected chi connectivity index (χ3v) is 5.29. The Kier molecular flexibility index (Phi) is 6.11. The summed E-state index contributed by atoms with van der Waals surface area (Å²) >= 11 is 0. The Morgan fingerprint density at radius 1 is 1.21 bits per heavy atom. The van der Waals surface area contributed by atoms with E-state index in [1.807, 2.05) is 0 Å². The van der Waals surface area contributed by atoms with Crippen LogP contribution < -0.4 is 5.73 Å². The largest absolute Gasteiger partial charge is 0.395 e. The van der Waals surface area contributed by atoms with Crippen molar-refractivity contribution in [3.05, 3.63) is 0 Å². The molecule has 3 unspecified atom stereocenters. The molecular weight excluding hydrogens is 236 g/mol. The van der Waals surface area contributed by atoms with E-state index < -0.39 is 0 Å². The smallest absolute Gasteiger partial charge is 0.0558 e. The van der Waals surface area contributed by atoms with Gasteiger partial charge in [0.25, 0.3) is 0 Å². The molecule has 0 saturated heterocycles. The van der Waals surface area contributed by atoms with Crippen molar-refractivity contribution in [2.75, 3.05) is 19.7 Å². The van der Waals surface area contributed by atoms with Crippen LogP contribution >= 0.6 is 0 Å². The molecule has 112 valence electrons. The van der Waals surface area contributed by atoms with Gasteiger partial charge in [-0.05, 0) is 43.9 Å². The molecule has 0 bridgehead atoms. The fraction of sp³-hybridized carbons (Fsp3) is 1.00. The lowest BCUT2D eigenvalue weighted by Crippen LogP contribution is -2.49. The van der Waals surface area contributed by atoms with E-state index in [4.69, 9.17) is 5.73 Å². The molecular formula is C16H32N2O. The van der Waals surface area contributed by atoms with Gasteiger partial charge in [-0.3, -0.25) is 4.90 Å². The van der Waals surface area contributed by atoms with E-state index in [9.17, 15) is 5.11 Å². The van der Waals surface area contributed by atoms with Gasteiger partial charge in [0, 0.05) is 25.2 Å². The zero-order valence-electron chi connectivity index (χ0n) is 12.6. The number of hydrogen-bond acceptors (Lipinski definition) is 3. The first kappa shape index (κ1) is 15.3. The molecule has 2 aliphatic rings. The van der Waals surface area contributed by atoms with Gasteiger partial charge in [-0.2, -0.15) is 0 Å². The molecule has 2 rings (SSSR count). The van der Waals surface area contributed by atoms with E-state index in [1.165, 1.54) is 51.4 Å². The molecule has 0 heterocycles. The Balaban J connectivity index is 1.86. The van der Waals surface area contributed by atoms with Crippen molar-refractivity contribution < 1.29 is 5.11 Å². The second-order valence-electron chi connectivity index (χ2n) is 6.69. The molecule has 0 radical (unpaired) electrons. The summed E-state index contributed by atoms with van der Waals surface area (Å²) in [5.74, 6) is 1.55. The van der Waals surface area contributed by atoms with Gasteiger partial charge in [0.05, 0.1) is 6.61 Å². The first-order chi connectivity index (χ1) is 9.24. The molecule has 0 aromatic rings. The molecule has 3 atom stereocenters. The van der Waals surface area contributed by atoms with Gasteiger partial charge in [-0.25, -0.2) is 0 Å². The summed E-state index contributed by atoms with van der Waals surface area (Å²) in [5.41, 5.74) is 6.35. The molecule has 0 aliphatic heterocycles. The number of nitrogens with two attached hydrogens (primary N) is 1. The van der Waals surface area contributed by atoms with Crippen LogP contribution in [0.1, 0.15) is 58.3 Å². The fourth-order valence-electron chi connectivity index (χ4n) is 3.87. The third-order valence-electron chi connectivity index (χ3n) is 5.29. The van der Waals surface area contributed by atoms with Crippen molar-refractivity contribution in [1.29, 1.82) is 0 Å². The van der Waals surface area contributed by atoms with Crippen LogP contribution in [0.4, 0.5) is 0 Å². The lowest BCUT2D eigenvalue weighted by Gasteiger charge is -2.42. The maximum atomic E-state index is 9.26. The van der Waals surface area contributed by atoms with E-state index in [2.05, 4.69) is 11.8 Å². The zero-order chi connectivity index (χ0) is 13.7. The van der Waals surface area contributed by atoms with Crippen LogP contribution in [0, 0.1) is 11.8 Å². The number of hydrogen-bond donors (Lipinski definition) is 2. The van der Waals surface area contributed by atoms with Crippen LogP contribution in [0.2, 0.25) is 0 Å². The molecule has 0 aromatic carbocycles. The van der Waals surface area contributed by atoms with Crippen LogP contribution in [-0.4, -0.2) is 41.8 Å². The van der Waals surface area contributed by atoms with Crippen molar-refractivity contribution in [2.45, 2.75) is 70.4 Å². The van der Waals surface area contributed by atoms with Crippen LogP contribution in [0.5, 0.6) is 0 Å². The summed E-state index contributed by atoms with van der Waals surface area (Å²) in [6.45, 7) is 4.53. The van der Waals surface area contributed by atoms with E-state index in [0.717, 1.165) is 25.0 Å². The molecule has 3 N–H and O–H groups in total. The van der Waals surface area contributed by atoms with Crippen molar-refractivity contribution >= 4 is 0 Å². The van der Waals surface area contributed by atoms with Gasteiger partial charge in [0.15, 0.2) is 0 Å². The molecule has 2 aliphatic carbocycles. The van der Waals surface area contributed by atoms with Crippen molar-refractivity contribution in [1.82, 2.24) is 4.90 Å². The predicted octanol–water partition coefficient (Wildman–Crippen LogP) is 2.38. The normalized spacial score (nSPS) is 32.5. The van der Waals surface area contributed by atoms with Crippen LogP contribution in [0.3, 0.4) is 0 Å². The van der Waals surface area contributed by atoms with Gasteiger partial charge in [0.1, 0.15) is 0 Å². The Morgan fingerprint density at radius 2 is 2.00 bits per heavy atom. The van der Waals surface area contributed by atoms with Gasteiger partial charge in [0.2, 0.25) is 0 Å². The summed E-state index contributed by atoms with van der Waals surface area (Å²) in [6.07, 6.45) is 10.5. The highest BCUT2D eigenvalue weighted by Gasteiger charge is 2.32. The van der Waals surface area contributed by atoms with E-state index in [0.29, 0.717) is 12.0 Å². The molecule has 2 saturated carbocycles. The van der Waals surface area contributed by atoms with Crippen molar-refractivity contribution in [3.63, 3.8) is 0 Å². The first-order valence-electron chi connectivity index (χ1n) is 8.35. The monoisotopic (exact) mass is 268 g/mol. The minimum Gasteiger partial charge on any atom is -0.395 e. The lowest BCUT2D eigenvalue weighted by atomic mass is 9.76. The minimum absolute atomic E-state index is 0.289. The number of rotatable bonds is 7. The number of nitrogens with zero attached hydrogens (tertiary/aromatic N) is 1. The molecule has 2 fully saturated rings. The topological polar surface area (TPSA) is 49.5 Å². The van der Waals surface area contributed by atoms with E-state index in [-0.39, 0.29) is 6.61 Å². The van der Waals surface area contributed by atoms with Gasteiger partial charge >= 0.3 is 0 Å². The Labute approximate surface area is 118 Å². The highest BCUT2D eigenvalue weighted by Crippen LogP contribution is 2.33. The van der Waals surface area contributed by atoms with Gasteiger partial charge in [-0.1, -0.05) is 26.2 Å². The Morgan fingerprint density at radius 3 is 2.58 bits per heavy atom. The molecule has 0 aromatic heterocycles. The Hall–Kier alpha value is -0.120. The molecule has 19 heavy (non-hydrogen) atoms. The summed E-state index contributed by atoms with van der Waals surface area (Å²) in [7, 11) is 0. The summed E-state index contributed by atoms with van der Waals surface area (Å²) in [5, 5.41) is 9.26. The molecule has 3 nitrogen and oxygen atoms in total. The average Bonchev–Trinajstić information content (AvgIpc) is 2.32. The van der Waals surface area contributed by atoms with Crippen LogP contribution in [-0.2, 0) is 0 Å². The summed E-state index contributed by atoms with van der Waals surface area (Å²) < 4.78 is 0. The lowest BCUT2D eigenvalue weighted by molar-refractivity contribution is 0.0649. The number of aliphatic hydroxyl groups excluding tert-OH is 1. The van der Waals surface area contributed by atoms with E-state index >= 15 is 0 Å². The first-order valence-corrected chi connectivity index (χ1v) is 8.35. The van der Waals surface area contributed by atoms with Gasteiger partial charge < -0.3 is 10.8 Å². The van der Waals surface area contributed by atoms with Crippen LogP contribution in [0.15, 0.2) is 0 Å². The predicted molar refractivity (Wildman–Crippen MR) is 80.0 cm³/mol. The van der Waals surface area contributed by atoms with Crippen LogP contribution in [0.25, 0.3) is 0 Å². The van der Waals surface area contributed by atoms with Gasteiger partial charge in [-0.15, -0.1) is 0 Å². The quantitative estimate of drug-likeness (QED) is 0.745. The maximum Gasteiger partial charge on any atom is 0.0558 e. The van der Waals surface area contributed by atoms with Crippen molar-refractivity contribution in [3.8, 4) is 0 Å². The highest BCUT2D eigenvalue weighted by molar-refractivity contribution is 4.88. The zero-order valence-corrected chi connectivity index (χ0v) is 12.6. The standard InChI is InChI=1S/C16H32N2O/c1-2-4-13-7-8-16(17)14(11-13)12-18(9-10-19)15-5-3-6-15/h13-16,19H,2-12,17H2,1H3. The molecule has 3 heteroatoms. The molecule has 0 amide bonds. The summed E-state index contributed by atoms with van der Waals surface area (Å²) in [6, 6.07) is 1.11. The highest BCUT2D eigenvalue weighted by atomic mass is 16.3. The fourth-order valence-corrected chi connectivity index (χ4v) is 3.87. The minimum atomic E-state index is 0.289. The number of aliphatic hydroxyl groups is 1. The molecule has 0 spiro atoms. The third kappa shape index (κ3) is 4.17. The SMILES string of the molecule is CCCC1CCC(N)C(CN(CCO)C2CCC2)C1. The average molecular weight is 268 g/mol. The Bertz CT molecular complexity index is 255.